The summed E-state index contributed by atoms with van der Waals surface area (Å²) in [6.45, 7) is 1.86. The van der Waals surface area contributed by atoms with E-state index in [-0.39, 0.29) is 15.5 Å². The van der Waals surface area contributed by atoms with Crippen molar-refractivity contribution in [2.45, 2.75) is 11.8 Å². The molecule has 10 heteroatoms. The molecular weight excluding hydrogens is 430 g/mol. The summed E-state index contributed by atoms with van der Waals surface area (Å²) in [6, 6.07) is 16.0. The highest BCUT2D eigenvalue weighted by Crippen LogP contribution is 2.25. The van der Waals surface area contributed by atoms with Crippen LogP contribution in [0, 0.1) is 17.0 Å². The van der Waals surface area contributed by atoms with Gasteiger partial charge in [0.05, 0.1) is 9.82 Å². The molecule has 1 amide bonds. The van der Waals surface area contributed by atoms with Crippen molar-refractivity contribution in [2.24, 2.45) is 0 Å². The van der Waals surface area contributed by atoms with Gasteiger partial charge in [0, 0.05) is 22.5 Å². The molecule has 0 unspecified atom stereocenters. The number of carbonyl (C=O) groups excluding carboxylic acids is 1. The first-order valence-corrected chi connectivity index (χ1v) is 10.5. The topological polar surface area (TPSA) is 118 Å². The van der Waals surface area contributed by atoms with Gasteiger partial charge in [-0.15, -0.1) is 0 Å². The molecular formula is C20H16ClN3O5S. The molecule has 154 valence electrons. The third-order valence-corrected chi connectivity index (χ3v) is 5.76. The summed E-state index contributed by atoms with van der Waals surface area (Å²) in [5.41, 5.74) is 1.01. The monoisotopic (exact) mass is 445 g/mol. The number of hydrogen-bond acceptors (Lipinski definition) is 5. The number of benzene rings is 3. The summed E-state index contributed by atoms with van der Waals surface area (Å²) in [5.74, 6) is -0.689. The second-order valence-electron chi connectivity index (χ2n) is 6.37. The lowest BCUT2D eigenvalue weighted by molar-refractivity contribution is -0.385. The Bertz CT molecular complexity index is 1210. The minimum atomic E-state index is -3.75. The molecule has 0 aliphatic carbocycles. The predicted octanol–water partition coefficient (Wildman–Crippen LogP) is 4.61. The molecule has 0 atom stereocenters. The SMILES string of the molecule is Cc1ccc(S(=O)(=O)Nc2ccc(NC(=O)c3ccc(Cl)cc3[N+](=O)[O-])cc2)cc1. The van der Waals surface area contributed by atoms with E-state index in [4.69, 9.17) is 11.6 Å². The van der Waals surface area contributed by atoms with Crippen LogP contribution in [0.15, 0.2) is 71.6 Å². The Labute approximate surface area is 177 Å². The second kappa shape index (κ2) is 8.52. The predicted molar refractivity (Wildman–Crippen MR) is 114 cm³/mol. The van der Waals surface area contributed by atoms with Crippen LogP contribution >= 0.6 is 11.6 Å². The Morgan fingerprint density at radius 3 is 2.17 bits per heavy atom. The summed E-state index contributed by atoms with van der Waals surface area (Å²) in [6.07, 6.45) is 0. The molecule has 0 radical (unpaired) electrons. The van der Waals surface area contributed by atoms with Crippen LogP contribution in [-0.2, 0) is 10.0 Å². The summed E-state index contributed by atoms with van der Waals surface area (Å²) in [5, 5.41) is 13.8. The first-order chi connectivity index (χ1) is 14.2. The number of nitrogens with zero attached hydrogens (tertiary/aromatic N) is 1. The largest absolute Gasteiger partial charge is 0.322 e. The molecule has 0 spiro atoms. The van der Waals surface area contributed by atoms with Gasteiger partial charge in [0.25, 0.3) is 21.6 Å². The fourth-order valence-electron chi connectivity index (χ4n) is 2.60. The lowest BCUT2D eigenvalue weighted by Crippen LogP contribution is -2.14. The van der Waals surface area contributed by atoms with E-state index in [9.17, 15) is 23.3 Å². The molecule has 0 saturated heterocycles. The fourth-order valence-corrected chi connectivity index (χ4v) is 3.82. The van der Waals surface area contributed by atoms with Crippen molar-refractivity contribution in [3.05, 3.63) is 93.0 Å². The van der Waals surface area contributed by atoms with E-state index < -0.39 is 26.5 Å². The van der Waals surface area contributed by atoms with Crippen LogP contribution in [0.4, 0.5) is 17.1 Å². The van der Waals surface area contributed by atoms with Gasteiger partial charge >= 0.3 is 0 Å². The number of aryl methyl sites for hydroxylation is 1. The molecule has 3 aromatic carbocycles. The summed E-state index contributed by atoms with van der Waals surface area (Å²) < 4.78 is 27.3. The highest BCUT2D eigenvalue weighted by atomic mass is 35.5. The van der Waals surface area contributed by atoms with Gasteiger partial charge in [-0.3, -0.25) is 19.6 Å². The van der Waals surface area contributed by atoms with Crippen LogP contribution in [0.5, 0.6) is 0 Å². The number of hydrogen-bond donors (Lipinski definition) is 2. The van der Waals surface area contributed by atoms with Gasteiger partial charge in [-0.2, -0.15) is 0 Å². The third kappa shape index (κ3) is 4.94. The number of anilines is 2. The average Bonchev–Trinajstić information content (AvgIpc) is 2.69. The van der Waals surface area contributed by atoms with E-state index in [0.717, 1.165) is 11.6 Å². The molecule has 0 bridgehead atoms. The molecule has 3 aromatic rings. The molecule has 0 saturated carbocycles. The van der Waals surface area contributed by atoms with Crippen molar-refractivity contribution in [1.29, 1.82) is 0 Å². The van der Waals surface area contributed by atoms with Crippen molar-refractivity contribution in [3.63, 3.8) is 0 Å². The first-order valence-electron chi connectivity index (χ1n) is 8.60. The van der Waals surface area contributed by atoms with Crippen molar-refractivity contribution in [1.82, 2.24) is 0 Å². The summed E-state index contributed by atoms with van der Waals surface area (Å²) >= 11 is 5.76. The van der Waals surface area contributed by atoms with Crippen molar-refractivity contribution >= 4 is 44.6 Å². The first kappa shape index (κ1) is 21.3. The zero-order chi connectivity index (χ0) is 21.9. The second-order valence-corrected chi connectivity index (χ2v) is 8.49. The molecule has 0 heterocycles. The van der Waals surface area contributed by atoms with Crippen LogP contribution in [0.1, 0.15) is 15.9 Å². The van der Waals surface area contributed by atoms with Gasteiger partial charge in [-0.05, 0) is 55.5 Å². The fraction of sp³-hybridized carbons (Fsp3) is 0.0500. The number of carbonyl (C=O) groups is 1. The molecule has 8 nitrogen and oxygen atoms in total. The van der Waals surface area contributed by atoms with Gasteiger partial charge in [-0.1, -0.05) is 29.3 Å². The summed E-state index contributed by atoms with van der Waals surface area (Å²) in [7, 11) is -3.75. The Hall–Kier alpha value is -3.43. The maximum absolute atomic E-state index is 12.4. The minimum absolute atomic E-state index is 0.125. The number of sulfonamides is 1. The van der Waals surface area contributed by atoms with Crippen LogP contribution in [0.2, 0.25) is 5.02 Å². The van der Waals surface area contributed by atoms with Gasteiger partial charge < -0.3 is 5.32 Å². The average molecular weight is 446 g/mol. The molecule has 0 aliphatic heterocycles. The van der Waals surface area contributed by atoms with Crippen molar-refractivity contribution in [2.75, 3.05) is 10.0 Å². The molecule has 3 rings (SSSR count). The van der Waals surface area contributed by atoms with Gasteiger partial charge in [0.15, 0.2) is 0 Å². The molecule has 2 N–H and O–H groups in total. The Kier molecular flexibility index (Phi) is 6.04. The van der Waals surface area contributed by atoms with E-state index >= 15 is 0 Å². The number of nitro groups is 1. The normalized spacial score (nSPS) is 11.0. The zero-order valence-corrected chi connectivity index (χ0v) is 17.2. The zero-order valence-electron chi connectivity index (χ0n) is 15.6. The lowest BCUT2D eigenvalue weighted by atomic mass is 10.1. The van der Waals surface area contributed by atoms with E-state index in [2.05, 4.69) is 10.0 Å². The van der Waals surface area contributed by atoms with Crippen LogP contribution in [0.3, 0.4) is 0 Å². The van der Waals surface area contributed by atoms with Crippen molar-refractivity contribution < 1.29 is 18.1 Å². The maximum atomic E-state index is 12.4. The van der Waals surface area contributed by atoms with Crippen LogP contribution in [-0.4, -0.2) is 19.2 Å². The summed E-state index contributed by atoms with van der Waals surface area (Å²) in [4.78, 5) is 23.0. The maximum Gasteiger partial charge on any atom is 0.283 e. The highest BCUT2D eigenvalue weighted by Gasteiger charge is 2.21. The van der Waals surface area contributed by atoms with Crippen LogP contribution in [0.25, 0.3) is 0 Å². The quantitative estimate of drug-likeness (QED) is 0.424. The van der Waals surface area contributed by atoms with Crippen molar-refractivity contribution in [3.8, 4) is 0 Å². The van der Waals surface area contributed by atoms with Gasteiger partial charge in [0.2, 0.25) is 0 Å². The molecule has 30 heavy (non-hydrogen) atoms. The van der Waals surface area contributed by atoms with E-state index in [1.807, 2.05) is 6.92 Å². The Morgan fingerprint density at radius 2 is 1.57 bits per heavy atom. The van der Waals surface area contributed by atoms with E-state index in [0.29, 0.717) is 11.4 Å². The van der Waals surface area contributed by atoms with Gasteiger partial charge in [0.1, 0.15) is 5.56 Å². The number of rotatable bonds is 6. The van der Waals surface area contributed by atoms with Crippen LogP contribution < -0.4 is 10.0 Å². The van der Waals surface area contributed by atoms with E-state index in [1.165, 1.54) is 48.5 Å². The van der Waals surface area contributed by atoms with Gasteiger partial charge in [-0.25, -0.2) is 8.42 Å². The molecule has 0 aliphatic rings. The number of amides is 1. The Morgan fingerprint density at radius 1 is 0.967 bits per heavy atom. The smallest absolute Gasteiger partial charge is 0.283 e. The number of nitro benzene ring substituents is 1. The third-order valence-electron chi connectivity index (χ3n) is 4.13. The lowest BCUT2D eigenvalue weighted by Gasteiger charge is -2.10. The molecule has 0 fully saturated rings. The Balaban J connectivity index is 1.74. The highest BCUT2D eigenvalue weighted by molar-refractivity contribution is 7.92. The number of halogens is 1. The minimum Gasteiger partial charge on any atom is -0.322 e. The van der Waals surface area contributed by atoms with E-state index in [1.54, 1.807) is 12.1 Å². The number of nitrogens with one attached hydrogen (secondary N) is 2. The standard InChI is InChI=1S/C20H16ClN3O5S/c1-13-2-9-17(10-3-13)30(28,29)23-16-7-5-15(6-8-16)22-20(25)18-11-4-14(21)12-19(18)24(26)27/h2-12,23H,1H3,(H,22,25). The molecule has 0 aromatic heterocycles.